The molecular formula is C15H20N2O3. The average Bonchev–Trinajstić information content (AvgIpc) is 2.80. The molecule has 0 atom stereocenters. The van der Waals surface area contributed by atoms with Crippen LogP contribution < -0.4 is 10.6 Å². The number of anilines is 2. The molecule has 0 saturated carbocycles. The summed E-state index contributed by atoms with van der Waals surface area (Å²) in [6, 6.07) is 5.53. The quantitative estimate of drug-likeness (QED) is 0.518. The predicted octanol–water partition coefficient (Wildman–Crippen LogP) is 1.75. The van der Waals surface area contributed by atoms with E-state index in [-0.39, 0.29) is 12.5 Å². The van der Waals surface area contributed by atoms with Gasteiger partial charge in [-0.05, 0) is 44.9 Å². The van der Waals surface area contributed by atoms with Gasteiger partial charge in [0.15, 0.2) is 0 Å². The molecule has 0 bridgehead atoms. The van der Waals surface area contributed by atoms with E-state index in [1.54, 1.807) is 31.7 Å². The van der Waals surface area contributed by atoms with Gasteiger partial charge in [-0.2, -0.15) is 0 Å². The second-order valence-corrected chi connectivity index (χ2v) is 5.44. The zero-order chi connectivity index (χ0) is 14.9. The standard InChI is InChI=1S/C15H20N2O3/c1-4-20-14(19)15(2,3)13(18)17-8-7-10-5-6-11(16)9-12(10)17/h5-6,9H,4,7-8,16H2,1-3H3. The molecular weight excluding hydrogens is 256 g/mol. The first-order valence-electron chi connectivity index (χ1n) is 6.75. The average molecular weight is 276 g/mol. The summed E-state index contributed by atoms with van der Waals surface area (Å²) in [5.74, 6) is -0.748. The maximum absolute atomic E-state index is 12.6. The number of rotatable bonds is 3. The summed E-state index contributed by atoms with van der Waals surface area (Å²) >= 11 is 0. The van der Waals surface area contributed by atoms with Gasteiger partial charge in [0.05, 0.1) is 6.61 Å². The molecule has 1 aromatic rings. The SMILES string of the molecule is CCOC(=O)C(C)(C)C(=O)N1CCc2ccc(N)cc21. The summed E-state index contributed by atoms with van der Waals surface area (Å²) in [6.45, 7) is 5.75. The zero-order valence-electron chi connectivity index (χ0n) is 12.1. The number of amides is 1. The van der Waals surface area contributed by atoms with Gasteiger partial charge < -0.3 is 15.4 Å². The van der Waals surface area contributed by atoms with E-state index in [4.69, 9.17) is 10.5 Å². The number of benzene rings is 1. The van der Waals surface area contributed by atoms with Crippen LogP contribution in [0.1, 0.15) is 26.3 Å². The summed E-state index contributed by atoms with van der Waals surface area (Å²) in [5.41, 5.74) is 7.07. The van der Waals surface area contributed by atoms with E-state index in [1.807, 2.05) is 12.1 Å². The van der Waals surface area contributed by atoms with Gasteiger partial charge in [0.2, 0.25) is 5.91 Å². The van der Waals surface area contributed by atoms with E-state index >= 15 is 0 Å². The highest BCUT2D eigenvalue weighted by Gasteiger charge is 2.42. The molecule has 1 aliphatic heterocycles. The van der Waals surface area contributed by atoms with Gasteiger partial charge in [0, 0.05) is 17.9 Å². The van der Waals surface area contributed by atoms with E-state index in [0.29, 0.717) is 12.2 Å². The Hall–Kier alpha value is -2.04. The number of nitrogens with zero attached hydrogens (tertiary/aromatic N) is 1. The number of carbonyl (C=O) groups is 2. The minimum atomic E-state index is -1.19. The van der Waals surface area contributed by atoms with Crippen LogP contribution in [0.3, 0.4) is 0 Å². The van der Waals surface area contributed by atoms with Crippen LogP contribution >= 0.6 is 0 Å². The van der Waals surface area contributed by atoms with Crippen molar-refractivity contribution >= 4 is 23.3 Å². The first-order valence-corrected chi connectivity index (χ1v) is 6.75. The molecule has 5 nitrogen and oxygen atoms in total. The summed E-state index contributed by atoms with van der Waals surface area (Å²) in [5, 5.41) is 0. The van der Waals surface area contributed by atoms with Crippen molar-refractivity contribution in [1.82, 2.24) is 0 Å². The smallest absolute Gasteiger partial charge is 0.321 e. The van der Waals surface area contributed by atoms with E-state index in [0.717, 1.165) is 17.7 Å². The van der Waals surface area contributed by atoms with Gasteiger partial charge >= 0.3 is 5.97 Å². The molecule has 20 heavy (non-hydrogen) atoms. The summed E-state index contributed by atoms with van der Waals surface area (Å²) in [4.78, 5) is 26.2. The summed E-state index contributed by atoms with van der Waals surface area (Å²) in [7, 11) is 0. The van der Waals surface area contributed by atoms with Crippen molar-refractivity contribution in [2.75, 3.05) is 23.8 Å². The number of nitrogens with two attached hydrogens (primary N) is 1. The molecule has 0 spiro atoms. The van der Waals surface area contributed by atoms with Gasteiger partial charge in [0.1, 0.15) is 5.41 Å². The van der Waals surface area contributed by atoms with Crippen LogP contribution in [0.15, 0.2) is 18.2 Å². The summed E-state index contributed by atoms with van der Waals surface area (Å²) in [6.07, 6.45) is 0.778. The Morgan fingerprint density at radius 3 is 2.75 bits per heavy atom. The van der Waals surface area contributed by atoms with Crippen LogP contribution in [-0.4, -0.2) is 25.0 Å². The maximum Gasteiger partial charge on any atom is 0.321 e. The van der Waals surface area contributed by atoms with Crippen molar-refractivity contribution in [3.63, 3.8) is 0 Å². The maximum atomic E-state index is 12.6. The van der Waals surface area contributed by atoms with Crippen LogP contribution in [0, 0.1) is 5.41 Å². The molecule has 0 fully saturated rings. The third-order valence-corrected chi connectivity index (χ3v) is 3.57. The topological polar surface area (TPSA) is 72.6 Å². The largest absolute Gasteiger partial charge is 0.465 e. The number of ether oxygens (including phenoxy) is 1. The van der Waals surface area contributed by atoms with E-state index < -0.39 is 11.4 Å². The van der Waals surface area contributed by atoms with E-state index in [1.165, 1.54) is 0 Å². The minimum Gasteiger partial charge on any atom is -0.465 e. The fourth-order valence-corrected chi connectivity index (χ4v) is 2.34. The van der Waals surface area contributed by atoms with Crippen LogP contribution in [0.25, 0.3) is 0 Å². The third kappa shape index (κ3) is 2.35. The Kier molecular flexibility index (Phi) is 3.70. The monoisotopic (exact) mass is 276 g/mol. The molecule has 2 rings (SSSR count). The van der Waals surface area contributed by atoms with Crippen molar-refractivity contribution in [2.45, 2.75) is 27.2 Å². The molecule has 1 aliphatic rings. The molecule has 0 unspecified atom stereocenters. The molecule has 5 heteroatoms. The molecule has 108 valence electrons. The first kappa shape index (κ1) is 14.4. The lowest BCUT2D eigenvalue weighted by molar-refractivity contribution is -0.157. The summed E-state index contributed by atoms with van der Waals surface area (Å²) < 4.78 is 4.99. The van der Waals surface area contributed by atoms with Crippen LogP contribution in [0.4, 0.5) is 11.4 Å². The van der Waals surface area contributed by atoms with Gasteiger partial charge in [0.25, 0.3) is 0 Å². The van der Waals surface area contributed by atoms with Crippen molar-refractivity contribution in [2.24, 2.45) is 5.41 Å². The molecule has 1 heterocycles. The van der Waals surface area contributed by atoms with Crippen LogP contribution in [-0.2, 0) is 20.7 Å². The van der Waals surface area contributed by atoms with Crippen LogP contribution in [0.5, 0.6) is 0 Å². The molecule has 0 radical (unpaired) electrons. The number of hydrogen-bond donors (Lipinski definition) is 1. The van der Waals surface area contributed by atoms with Gasteiger partial charge in [-0.25, -0.2) is 0 Å². The highest BCUT2D eigenvalue weighted by molar-refractivity contribution is 6.10. The lowest BCUT2D eigenvalue weighted by atomic mass is 9.91. The molecule has 1 aromatic carbocycles. The second kappa shape index (κ2) is 5.15. The van der Waals surface area contributed by atoms with E-state index in [2.05, 4.69) is 0 Å². The minimum absolute atomic E-state index is 0.250. The number of carbonyl (C=O) groups excluding carboxylic acids is 2. The molecule has 1 amide bonds. The van der Waals surface area contributed by atoms with Crippen molar-refractivity contribution in [1.29, 1.82) is 0 Å². The highest BCUT2D eigenvalue weighted by Crippen LogP contribution is 2.33. The van der Waals surface area contributed by atoms with Crippen LogP contribution in [0.2, 0.25) is 0 Å². The number of esters is 1. The Morgan fingerprint density at radius 2 is 2.10 bits per heavy atom. The Bertz CT molecular complexity index is 552. The lowest BCUT2D eigenvalue weighted by Gasteiger charge is -2.27. The van der Waals surface area contributed by atoms with Gasteiger partial charge in [-0.15, -0.1) is 0 Å². The Balaban J connectivity index is 2.28. The molecule has 0 aromatic heterocycles. The Labute approximate surface area is 118 Å². The highest BCUT2D eigenvalue weighted by atomic mass is 16.5. The second-order valence-electron chi connectivity index (χ2n) is 5.44. The number of fused-ring (bicyclic) bond motifs is 1. The molecule has 2 N–H and O–H groups in total. The Morgan fingerprint density at radius 1 is 1.40 bits per heavy atom. The van der Waals surface area contributed by atoms with E-state index in [9.17, 15) is 9.59 Å². The first-order chi connectivity index (χ1) is 9.37. The zero-order valence-corrected chi connectivity index (χ0v) is 12.1. The lowest BCUT2D eigenvalue weighted by Crippen LogP contribution is -2.45. The predicted molar refractivity (Wildman–Crippen MR) is 77.3 cm³/mol. The normalized spacial score (nSPS) is 14.1. The van der Waals surface area contributed by atoms with Crippen molar-refractivity contribution in [3.8, 4) is 0 Å². The molecule has 0 aliphatic carbocycles. The third-order valence-electron chi connectivity index (χ3n) is 3.57. The molecule has 0 saturated heterocycles. The number of nitrogen functional groups attached to an aromatic ring is 1. The number of hydrogen-bond acceptors (Lipinski definition) is 4. The van der Waals surface area contributed by atoms with Gasteiger partial charge in [-0.1, -0.05) is 6.07 Å². The van der Waals surface area contributed by atoms with Crippen molar-refractivity contribution < 1.29 is 14.3 Å². The fraction of sp³-hybridized carbons (Fsp3) is 0.467. The van der Waals surface area contributed by atoms with Gasteiger partial charge in [-0.3, -0.25) is 9.59 Å². The van der Waals surface area contributed by atoms with Crippen molar-refractivity contribution in [3.05, 3.63) is 23.8 Å². The fourth-order valence-electron chi connectivity index (χ4n) is 2.34.